The zero-order chi connectivity index (χ0) is 16.2. The quantitative estimate of drug-likeness (QED) is 0.561. The summed E-state index contributed by atoms with van der Waals surface area (Å²) in [6, 6.07) is 9.54. The molecule has 0 radical (unpaired) electrons. The topological polar surface area (TPSA) is 101 Å². The lowest BCUT2D eigenvalue weighted by Crippen LogP contribution is -2.10. The average Bonchev–Trinajstić information content (AvgIpc) is 2.84. The lowest BCUT2D eigenvalue weighted by Gasteiger charge is -2.01. The summed E-state index contributed by atoms with van der Waals surface area (Å²) < 4.78 is 1.63. The molecule has 2 N–H and O–H groups in total. The van der Waals surface area contributed by atoms with E-state index in [4.69, 9.17) is 11.6 Å². The number of aromatic nitrogens is 5. The summed E-state index contributed by atoms with van der Waals surface area (Å²) in [6.07, 6.45) is 2.58. The number of H-pyrrole nitrogens is 1. The van der Waals surface area contributed by atoms with Crippen molar-refractivity contribution in [2.75, 3.05) is 5.43 Å². The molecule has 0 aliphatic carbocycles. The van der Waals surface area contributed by atoms with Gasteiger partial charge in [-0.25, -0.2) is 10.1 Å². The molecule has 3 aromatic rings. The van der Waals surface area contributed by atoms with Crippen LogP contribution < -0.4 is 11.0 Å². The Hall–Kier alpha value is -3.00. The summed E-state index contributed by atoms with van der Waals surface area (Å²) in [6.45, 7) is 1.83. The van der Waals surface area contributed by atoms with E-state index in [2.05, 4.69) is 30.8 Å². The number of aryl methyl sites for hydroxylation is 1. The van der Waals surface area contributed by atoms with Gasteiger partial charge in [-0.3, -0.25) is 9.78 Å². The summed E-state index contributed by atoms with van der Waals surface area (Å²) >= 11 is 6.37. The molecule has 0 saturated heterocycles. The van der Waals surface area contributed by atoms with Gasteiger partial charge in [-0.05, 0) is 19.1 Å². The summed E-state index contributed by atoms with van der Waals surface area (Å²) in [5.74, 6) is 0.137. The Kier molecular flexibility index (Phi) is 4.15. The summed E-state index contributed by atoms with van der Waals surface area (Å²) in [5, 5.41) is 16.0. The number of hydrazone groups is 1. The van der Waals surface area contributed by atoms with Crippen molar-refractivity contribution >= 4 is 23.8 Å². The molecule has 0 saturated carbocycles. The number of benzene rings is 1. The number of hydrogen-bond donors (Lipinski definition) is 2. The van der Waals surface area contributed by atoms with E-state index in [0.29, 0.717) is 10.7 Å². The van der Waals surface area contributed by atoms with E-state index in [1.165, 1.54) is 6.21 Å². The second-order valence-corrected chi connectivity index (χ2v) is 4.95. The summed E-state index contributed by atoms with van der Waals surface area (Å²) in [7, 11) is 0. The molecule has 0 unspecified atom stereocenters. The van der Waals surface area contributed by atoms with Crippen molar-refractivity contribution in [3.63, 3.8) is 0 Å². The molecule has 0 atom stereocenters. The number of aromatic amines is 1. The maximum absolute atomic E-state index is 11.1. The van der Waals surface area contributed by atoms with Crippen LogP contribution >= 0.6 is 11.6 Å². The van der Waals surface area contributed by atoms with Crippen LogP contribution in [0.15, 0.2) is 46.4 Å². The monoisotopic (exact) mass is 329 g/mol. The minimum Gasteiger partial charge on any atom is -0.289 e. The lowest BCUT2D eigenvalue weighted by atomic mass is 10.3. The van der Waals surface area contributed by atoms with Crippen molar-refractivity contribution in [3.05, 3.63) is 63.3 Å². The zero-order valence-corrected chi connectivity index (χ0v) is 12.8. The fraction of sp³-hybridized carbons (Fsp3) is 0.0714. The Morgan fingerprint density at radius 2 is 2.13 bits per heavy atom. The zero-order valence-electron chi connectivity index (χ0n) is 12.1. The van der Waals surface area contributed by atoms with Crippen molar-refractivity contribution < 1.29 is 0 Å². The maximum Gasteiger partial charge on any atom is 0.271 e. The van der Waals surface area contributed by atoms with Crippen LogP contribution in [0.1, 0.15) is 11.3 Å². The van der Waals surface area contributed by atoms with Gasteiger partial charge in [0, 0.05) is 0 Å². The van der Waals surface area contributed by atoms with Crippen molar-refractivity contribution in [1.29, 1.82) is 0 Å². The first-order valence-electron chi connectivity index (χ1n) is 6.67. The molecule has 3 rings (SSSR count). The third kappa shape index (κ3) is 3.27. The molecule has 2 aromatic heterocycles. The summed E-state index contributed by atoms with van der Waals surface area (Å²) in [5.41, 5.74) is 4.44. The number of rotatable bonds is 4. The molecule has 23 heavy (non-hydrogen) atoms. The van der Waals surface area contributed by atoms with Gasteiger partial charge in [0.15, 0.2) is 0 Å². The number of hydrogen-bond acceptors (Lipinski definition) is 6. The predicted molar refractivity (Wildman–Crippen MR) is 87.2 cm³/mol. The van der Waals surface area contributed by atoms with Gasteiger partial charge in [0.1, 0.15) is 11.3 Å². The third-order valence-corrected chi connectivity index (χ3v) is 3.35. The first kappa shape index (κ1) is 14.9. The van der Waals surface area contributed by atoms with Gasteiger partial charge >= 0.3 is 0 Å². The SMILES string of the molecule is Cc1nn(-c2ccccc2)c(Cl)c1C=NNc1nncc(=O)[nH]1. The molecular weight excluding hydrogens is 318 g/mol. The van der Waals surface area contributed by atoms with Crippen molar-refractivity contribution in [1.82, 2.24) is 25.0 Å². The van der Waals surface area contributed by atoms with E-state index in [1.54, 1.807) is 4.68 Å². The van der Waals surface area contributed by atoms with Crippen LogP contribution in [0, 0.1) is 6.92 Å². The van der Waals surface area contributed by atoms with Crippen molar-refractivity contribution in [2.24, 2.45) is 5.10 Å². The first-order chi connectivity index (χ1) is 11.1. The number of anilines is 1. The van der Waals surface area contributed by atoms with Crippen LogP contribution in [0.25, 0.3) is 5.69 Å². The van der Waals surface area contributed by atoms with Crippen LogP contribution in [0.5, 0.6) is 0 Å². The standard InChI is InChI=1S/C14H12ClN7O/c1-9-11(7-16-19-14-18-12(23)8-17-20-14)13(15)22(21-9)10-5-3-2-4-6-10/h2-8H,1H3,(H2,18,19,20,23). The molecule has 2 heterocycles. The predicted octanol–water partition coefficient (Wildman–Crippen LogP) is 1.76. The normalized spacial score (nSPS) is 11.0. The minimum atomic E-state index is -0.371. The largest absolute Gasteiger partial charge is 0.289 e. The second kappa shape index (κ2) is 6.41. The van der Waals surface area contributed by atoms with Crippen LogP contribution in [0.2, 0.25) is 5.15 Å². The Morgan fingerprint density at radius 3 is 2.87 bits per heavy atom. The van der Waals surface area contributed by atoms with E-state index in [-0.39, 0.29) is 11.5 Å². The van der Waals surface area contributed by atoms with Gasteiger partial charge < -0.3 is 0 Å². The highest BCUT2D eigenvalue weighted by atomic mass is 35.5. The Bertz CT molecular complexity index is 901. The third-order valence-electron chi connectivity index (χ3n) is 2.99. The molecule has 0 bridgehead atoms. The van der Waals surface area contributed by atoms with Crippen LogP contribution in [-0.4, -0.2) is 31.2 Å². The molecule has 0 aliphatic rings. The fourth-order valence-corrected chi connectivity index (χ4v) is 2.24. The molecule has 0 spiro atoms. The minimum absolute atomic E-state index is 0.137. The molecular formula is C14H12ClN7O. The molecule has 1 aromatic carbocycles. The number of nitrogens with zero attached hydrogens (tertiary/aromatic N) is 5. The highest BCUT2D eigenvalue weighted by molar-refractivity contribution is 6.32. The smallest absolute Gasteiger partial charge is 0.271 e. The van der Waals surface area contributed by atoms with Gasteiger partial charge in [0.25, 0.3) is 5.56 Å². The molecule has 0 amide bonds. The van der Waals surface area contributed by atoms with E-state index in [1.807, 2.05) is 37.3 Å². The molecule has 116 valence electrons. The van der Waals surface area contributed by atoms with E-state index in [9.17, 15) is 4.79 Å². The highest BCUT2D eigenvalue weighted by Crippen LogP contribution is 2.21. The Balaban J connectivity index is 1.85. The molecule has 0 aliphatic heterocycles. The van der Waals surface area contributed by atoms with Crippen molar-refractivity contribution in [2.45, 2.75) is 6.92 Å². The number of halogens is 1. The maximum atomic E-state index is 11.1. The van der Waals surface area contributed by atoms with Gasteiger partial charge in [-0.2, -0.15) is 10.2 Å². The molecule has 0 fully saturated rings. The van der Waals surface area contributed by atoms with Gasteiger partial charge in [0.05, 0.1) is 23.2 Å². The second-order valence-electron chi connectivity index (χ2n) is 4.59. The van der Waals surface area contributed by atoms with Gasteiger partial charge in [-0.15, -0.1) is 10.2 Å². The Labute approximate surface area is 135 Å². The average molecular weight is 330 g/mol. The van der Waals surface area contributed by atoms with Crippen LogP contribution in [-0.2, 0) is 0 Å². The first-order valence-corrected chi connectivity index (χ1v) is 7.04. The van der Waals surface area contributed by atoms with Gasteiger partial charge in [-0.1, -0.05) is 29.8 Å². The van der Waals surface area contributed by atoms with E-state index in [0.717, 1.165) is 17.6 Å². The van der Waals surface area contributed by atoms with E-state index >= 15 is 0 Å². The van der Waals surface area contributed by atoms with Crippen molar-refractivity contribution in [3.8, 4) is 5.69 Å². The van der Waals surface area contributed by atoms with Crippen LogP contribution in [0.3, 0.4) is 0 Å². The highest BCUT2D eigenvalue weighted by Gasteiger charge is 2.12. The Morgan fingerprint density at radius 1 is 1.35 bits per heavy atom. The molecule has 9 heteroatoms. The van der Waals surface area contributed by atoms with E-state index < -0.39 is 0 Å². The lowest BCUT2D eigenvalue weighted by molar-refractivity contribution is 0.863. The summed E-state index contributed by atoms with van der Waals surface area (Å²) in [4.78, 5) is 13.6. The fourth-order valence-electron chi connectivity index (χ4n) is 1.92. The van der Waals surface area contributed by atoms with Gasteiger partial charge in [0.2, 0.25) is 5.95 Å². The number of nitrogens with one attached hydrogen (secondary N) is 2. The van der Waals surface area contributed by atoms with Crippen LogP contribution in [0.4, 0.5) is 5.95 Å². The molecule has 8 nitrogen and oxygen atoms in total. The number of para-hydroxylation sites is 1.